The number of hydrogen-bond acceptors (Lipinski definition) is 5. The highest BCUT2D eigenvalue weighted by Crippen LogP contribution is 2.36. The summed E-state index contributed by atoms with van der Waals surface area (Å²) in [6.45, 7) is 6.92. The highest BCUT2D eigenvalue weighted by atomic mass is 32.2. The van der Waals surface area contributed by atoms with Gasteiger partial charge in [-0.3, -0.25) is 9.58 Å². The second-order valence-corrected chi connectivity index (χ2v) is 8.10. The van der Waals surface area contributed by atoms with Crippen LogP contribution in [0.1, 0.15) is 38.4 Å². The number of hydrogen-bond donors (Lipinski definition) is 2. The zero-order valence-corrected chi connectivity index (χ0v) is 16.3. The molecule has 0 unspecified atom stereocenters. The molecule has 3 rings (SSSR count). The maximum atomic E-state index is 4.70. The molecule has 1 aromatic heterocycles. The lowest BCUT2D eigenvalue weighted by atomic mass is 9.94. The third-order valence-corrected chi connectivity index (χ3v) is 6.27. The smallest absolute Gasteiger partial charge is 0.191 e. The van der Waals surface area contributed by atoms with E-state index < -0.39 is 0 Å². The van der Waals surface area contributed by atoms with Gasteiger partial charge in [0.1, 0.15) is 18.7 Å². The molecule has 8 heteroatoms. The molecular weight excluding hydrogens is 334 g/mol. The topological polar surface area (TPSA) is 70.4 Å². The first kappa shape index (κ1) is 18.5. The van der Waals surface area contributed by atoms with Crippen LogP contribution in [0.25, 0.3) is 0 Å². The van der Waals surface area contributed by atoms with Gasteiger partial charge >= 0.3 is 0 Å². The summed E-state index contributed by atoms with van der Waals surface area (Å²) in [5, 5.41) is 11.1. The lowest BCUT2D eigenvalue weighted by Gasteiger charge is -2.43. The van der Waals surface area contributed by atoms with Crippen molar-refractivity contribution in [2.75, 3.05) is 37.7 Å². The van der Waals surface area contributed by atoms with Crippen molar-refractivity contribution < 1.29 is 0 Å². The van der Waals surface area contributed by atoms with Crippen LogP contribution < -0.4 is 10.6 Å². The summed E-state index contributed by atoms with van der Waals surface area (Å²) in [4.78, 5) is 11.7. The minimum atomic E-state index is 0.307. The average Bonchev–Trinajstić information content (AvgIpc) is 3.28. The molecule has 2 heterocycles. The molecule has 1 saturated heterocycles. The van der Waals surface area contributed by atoms with E-state index >= 15 is 0 Å². The molecule has 2 fully saturated rings. The first-order chi connectivity index (χ1) is 12.2. The van der Waals surface area contributed by atoms with E-state index in [9.17, 15) is 0 Å². The quantitative estimate of drug-likeness (QED) is 0.584. The van der Waals surface area contributed by atoms with Gasteiger partial charge in [-0.1, -0.05) is 12.8 Å². The molecule has 0 amide bonds. The summed E-state index contributed by atoms with van der Waals surface area (Å²) in [6.07, 6.45) is 6.86. The molecule has 0 radical (unpaired) electrons. The van der Waals surface area contributed by atoms with Crippen molar-refractivity contribution in [3.63, 3.8) is 0 Å². The molecule has 0 aromatic carbocycles. The van der Waals surface area contributed by atoms with Crippen LogP contribution in [0.5, 0.6) is 0 Å². The van der Waals surface area contributed by atoms with Crippen molar-refractivity contribution in [2.24, 2.45) is 12.0 Å². The Kier molecular flexibility index (Phi) is 6.58. The maximum absolute atomic E-state index is 4.70. The van der Waals surface area contributed by atoms with Crippen molar-refractivity contribution in [2.45, 2.75) is 44.7 Å². The van der Waals surface area contributed by atoms with Gasteiger partial charge in [0.15, 0.2) is 5.96 Å². The molecule has 1 aliphatic heterocycles. The Morgan fingerprint density at radius 1 is 1.28 bits per heavy atom. The number of nitrogens with one attached hydrogen (secondary N) is 2. The lowest BCUT2D eigenvalue weighted by Crippen LogP contribution is -2.57. The Hall–Kier alpha value is -1.28. The monoisotopic (exact) mass is 365 g/mol. The first-order valence-electron chi connectivity index (χ1n) is 9.41. The Morgan fingerprint density at radius 2 is 2.04 bits per heavy atom. The summed E-state index contributed by atoms with van der Waals surface area (Å²) in [5.41, 5.74) is 0.307. The van der Waals surface area contributed by atoms with E-state index in [4.69, 9.17) is 4.99 Å². The van der Waals surface area contributed by atoms with Crippen molar-refractivity contribution in [1.29, 1.82) is 0 Å². The number of aliphatic imine (C=N–C) groups is 1. The second-order valence-electron chi connectivity index (χ2n) is 6.88. The summed E-state index contributed by atoms with van der Waals surface area (Å²) < 4.78 is 1.77. The molecular formula is C17H31N7S. The number of aromatic nitrogens is 3. The highest BCUT2D eigenvalue weighted by Gasteiger charge is 2.39. The number of aryl methyl sites for hydroxylation is 1. The third kappa shape index (κ3) is 4.67. The molecule has 2 N–H and O–H groups in total. The average molecular weight is 366 g/mol. The van der Waals surface area contributed by atoms with Gasteiger partial charge in [-0.05, 0) is 19.8 Å². The van der Waals surface area contributed by atoms with Gasteiger partial charge in [0, 0.05) is 50.3 Å². The van der Waals surface area contributed by atoms with Gasteiger partial charge in [-0.25, -0.2) is 9.98 Å². The van der Waals surface area contributed by atoms with E-state index in [1.807, 2.05) is 7.05 Å². The van der Waals surface area contributed by atoms with Crippen LogP contribution in [0.3, 0.4) is 0 Å². The predicted molar refractivity (Wildman–Crippen MR) is 104 cm³/mol. The maximum Gasteiger partial charge on any atom is 0.191 e. The van der Waals surface area contributed by atoms with Gasteiger partial charge < -0.3 is 10.6 Å². The zero-order chi connectivity index (χ0) is 17.5. The SMILES string of the molecule is CCNC(=NCc1ncnn1C)NCC1(N2CCSCC2)CCCC1. The summed E-state index contributed by atoms with van der Waals surface area (Å²) >= 11 is 2.08. The van der Waals surface area contributed by atoms with E-state index in [0.717, 1.165) is 24.9 Å². The summed E-state index contributed by atoms with van der Waals surface area (Å²) in [5.74, 6) is 4.29. The molecule has 1 aromatic rings. The van der Waals surface area contributed by atoms with Crippen LogP contribution in [-0.4, -0.2) is 68.8 Å². The Bertz CT molecular complexity index is 559. The lowest BCUT2D eigenvalue weighted by molar-refractivity contribution is 0.107. The molecule has 0 atom stereocenters. The van der Waals surface area contributed by atoms with Crippen LogP contribution in [0.4, 0.5) is 0 Å². The van der Waals surface area contributed by atoms with Gasteiger partial charge in [0.05, 0.1) is 0 Å². The zero-order valence-electron chi connectivity index (χ0n) is 15.5. The van der Waals surface area contributed by atoms with Crippen molar-refractivity contribution in [3.05, 3.63) is 12.2 Å². The molecule has 25 heavy (non-hydrogen) atoms. The largest absolute Gasteiger partial charge is 0.357 e. The van der Waals surface area contributed by atoms with Crippen LogP contribution in [0.2, 0.25) is 0 Å². The van der Waals surface area contributed by atoms with E-state index in [0.29, 0.717) is 12.1 Å². The van der Waals surface area contributed by atoms with Crippen molar-refractivity contribution >= 4 is 17.7 Å². The normalized spacial score (nSPS) is 21.4. The van der Waals surface area contributed by atoms with Crippen LogP contribution >= 0.6 is 11.8 Å². The van der Waals surface area contributed by atoms with Crippen LogP contribution in [0.15, 0.2) is 11.3 Å². The number of thioether (sulfide) groups is 1. The molecule has 7 nitrogen and oxygen atoms in total. The molecule has 1 saturated carbocycles. The van der Waals surface area contributed by atoms with Gasteiger partial charge in [0.2, 0.25) is 0 Å². The summed E-state index contributed by atoms with van der Waals surface area (Å²) in [6, 6.07) is 0. The molecule has 0 spiro atoms. The summed E-state index contributed by atoms with van der Waals surface area (Å²) in [7, 11) is 1.90. The highest BCUT2D eigenvalue weighted by molar-refractivity contribution is 7.99. The molecule has 2 aliphatic rings. The second kappa shape index (κ2) is 8.89. The fourth-order valence-corrected chi connectivity index (χ4v) is 4.78. The van der Waals surface area contributed by atoms with Gasteiger partial charge in [0.25, 0.3) is 0 Å². The number of nitrogens with zero attached hydrogens (tertiary/aromatic N) is 5. The van der Waals surface area contributed by atoms with E-state index in [-0.39, 0.29) is 0 Å². The Morgan fingerprint density at radius 3 is 2.68 bits per heavy atom. The Balaban J connectivity index is 1.63. The van der Waals surface area contributed by atoms with Crippen molar-refractivity contribution in [3.8, 4) is 0 Å². The van der Waals surface area contributed by atoms with Crippen molar-refractivity contribution in [1.82, 2.24) is 30.3 Å². The minimum absolute atomic E-state index is 0.307. The first-order valence-corrected chi connectivity index (χ1v) is 10.6. The van der Waals surface area contributed by atoms with E-state index in [1.54, 1.807) is 11.0 Å². The standard InChI is InChI=1S/C17H31N7S/c1-3-18-16(19-12-15-21-14-22-23(15)2)20-13-17(6-4-5-7-17)24-8-10-25-11-9-24/h14H,3-13H2,1-2H3,(H2,18,19,20). The molecule has 1 aliphatic carbocycles. The van der Waals surface area contributed by atoms with E-state index in [2.05, 4.69) is 44.3 Å². The van der Waals surface area contributed by atoms with Crippen LogP contribution in [0, 0.1) is 0 Å². The fraction of sp³-hybridized carbons (Fsp3) is 0.824. The fourth-order valence-electron chi connectivity index (χ4n) is 3.88. The number of guanidine groups is 1. The third-order valence-electron chi connectivity index (χ3n) is 5.33. The van der Waals surface area contributed by atoms with Gasteiger partial charge in [-0.2, -0.15) is 16.9 Å². The minimum Gasteiger partial charge on any atom is -0.357 e. The van der Waals surface area contributed by atoms with E-state index in [1.165, 1.54) is 50.3 Å². The predicted octanol–water partition coefficient (Wildman–Crippen LogP) is 1.23. The molecule has 140 valence electrons. The molecule has 0 bridgehead atoms. The van der Waals surface area contributed by atoms with Gasteiger partial charge in [-0.15, -0.1) is 0 Å². The number of rotatable bonds is 6. The van der Waals surface area contributed by atoms with Crippen LogP contribution in [-0.2, 0) is 13.6 Å². The Labute approximate surface area is 155 Å².